The summed E-state index contributed by atoms with van der Waals surface area (Å²) in [7, 11) is 0. The van der Waals surface area contributed by atoms with Crippen LogP contribution >= 0.6 is 0 Å². The predicted octanol–water partition coefficient (Wildman–Crippen LogP) is 2.09. The highest BCUT2D eigenvalue weighted by molar-refractivity contribution is 5.99. The van der Waals surface area contributed by atoms with E-state index in [1.807, 2.05) is 48.5 Å². The molecule has 4 aliphatic rings. The molecule has 4 heterocycles. The molecule has 3 aromatic carbocycles. The fourth-order valence-corrected chi connectivity index (χ4v) is 4.02. The van der Waals surface area contributed by atoms with E-state index in [1.165, 1.54) is 11.1 Å². The molecule has 0 atom stereocenters. The van der Waals surface area contributed by atoms with Crippen molar-refractivity contribution in [3.8, 4) is 11.5 Å². The largest absolute Gasteiger partial charge is 0.492 e. The van der Waals surface area contributed by atoms with Gasteiger partial charge >= 0.3 is 0 Å². The van der Waals surface area contributed by atoms with Crippen molar-refractivity contribution in [2.24, 2.45) is 0 Å². The Morgan fingerprint density at radius 1 is 0.513 bits per heavy atom. The fraction of sp³-hybridized carbons (Fsp3) is 0.333. The quantitative estimate of drug-likeness (QED) is 0.302. The van der Waals surface area contributed by atoms with Crippen molar-refractivity contribution in [1.82, 2.24) is 26.6 Å². The lowest BCUT2D eigenvalue weighted by atomic mass is 10.1. The monoisotopic (exact) mass is 531 g/mol. The van der Waals surface area contributed by atoms with Gasteiger partial charge < -0.3 is 36.1 Å². The third-order valence-electron chi connectivity index (χ3n) is 6.16. The molecule has 0 unspecified atom stereocenters. The van der Waals surface area contributed by atoms with Gasteiger partial charge in [-0.3, -0.25) is 9.59 Å². The first-order chi connectivity index (χ1) is 19.2. The maximum atomic E-state index is 12.6. The van der Waals surface area contributed by atoms with Crippen LogP contribution < -0.4 is 36.1 Å². The molecule has 9 heteroatoms. The zero-order valence-corrected chi connectivity index (χ0v) is 22.1. The van der Waals surface area contributed by atoms with Gasteiger partial charge in [-0.15, -0.1) is 0 Å². The van der Waals surface area contributed by atoms with E-state index in [9.17, 15) is 9.59 Å². The van der Waals surface area contributed by atoms with Gasteiger partial charge in [0.1, 0.15) is 24.7 Å². The summed E-state index contributed by atoms with van der Waals surface area (Å²) in [6.07, 6.45) is 0. The van der Waals surface area contributed by atoms with Gasteiger partial charge in [-0.25, -0.2) is 0 Å². The van der Waals surface area contributed by atoms with Crippen molar-refractivity contribution in [3.63, 3.8) is 0 Å². The molecular weight excluding hydrogens is 494 g/mol. The second kappa shape index (κ2) is 15.5. The standard InChI is InChI=1S/C30H37N5O4/c36-29-25-2-1-3-26(20-25)30(37)35-17-19-39-28-10-6-24(7-11-28)22-33-15-13-31-12-14-32-21-23-4-8-27(9-5-23)38-18-16-34-29/h1-11,20,31-33H,12-19,21-22H2,(H,34,36)(H,35,37). The molecule has 6 bridgehead atoms. The number of nitrogens with one attached hydrogen (secondary N) is 5. The normalized spacial score (nSPS) is 16.8. The summed E-state index contributed by atoms with van der Waals surface area (Å²) in [6.45, 7) is 6.49. The second-order valence-corrected chi connectivity index (χ2v) is 9.18. The Kier molecular flexibility index (Phi) is 11.2. The number of hydrogen-bond acceptors (Lipinski definition) is 7. The van der Waals surface area contributed by atoms with E-state index in [4.69, 9.17) is 9.47 Å². The molecule has 0 fully saturated rings. The van der Waals surface area contributed by atoms with Crippen molar-refractivity contribution in [1.29, 1.82) is 0 Å². The molecule has 0 saturated heterocycles. The van der Waals surface area contributed by atoms with Gasteiger partial charge in [0.25, 0.3) is 11.8 Å². The molecule has 0 aromatic heterocycles. The van der Waals surface area contributed by atoms with Gasteiger partial charge in [0, 0.05) is 50.4 Å². The molecule has 0 aliphatic carbocycles. The topological polar surface area (TPSA) is 113 Å². The third-order valence-corrected chi connectivity index (χ3v) is 6.16. The molecule has 0 saturated carbocycles. The number of amides is 2. The van der Waals surface area contributed by atoms with Crippen LogP contribution in [-0.2, 0) is 13.1 Å². The Balaban J connectivity index is 1.32. The van der Waals surface area contributed by atoms with E-state index in [0.29, 0.717) is 37.4 Å². The van der Waals surface area contributed by atoms with Crippen LogP contribution in [0.1, 0.15) is 31.8 Å². The Hall–Kier alpha value is -3.92. The van der Waals surface area contributed by atoms with Crippen LogP contribution in [0.25, 0.3) is 0 Å². The van der Waals surface area contributed by atoms with Gasteiger partial charge in [0.15, 0.2) is 0 Å². The van der Waals surface area contributed by atoms with Crippen molar-refractivity contribution >= 4 is 11.8 Å². The molecule has 0 radical (unpaired) electrons. The predicted molar refractivity (Wildman–Crippen MR) is 151 cm³/mol. The lowest BCUT2D eigenvalue weighted by Crippen LogP contribution is -2.32. The van der Waals surface area contributed by atoms with Gasteiger partial charge in [-0.2, -0.15) is 0 Å². The molecule has 5 N–H and O–H groups in total. The second-order valence-electron chi connectivity index (χ2n) is 9.18. The van der Waals surface area contributed by atoms with Gasteiger partial charge in [0.2, 0.25) is 0 Å². The lowest BCUT2D eigenvalue weighted by molar-refractivity contribution is 0.0946. The smallest absolute Gasteiger partial charge is 0.251 e. The average Bonchev–Trinajstić information content (AvgIpc) is 2.97. The SMILES string of the molecule is O=C1NCCOc2ccc(cc2)CNCCNCCNCc2ccc(cc2)OCCNC(=O)c2cccc1c2. The molecule has 39 heavy (non-hydrogen) atoms. The summed E-state index contributed by atoms with van der Waals surface area (Å²) in [5, 5.41) is 16.0. The summed E-state index contributed by atoms with van der Waals surface area (Å²) in [4.78, 5) is 25.1. The molecule has 0 spiro atoms. The number of carbonyl (C=O) groups is 2. The Labute approximate surface area is 229 Å². The molecular formula is C30H37N5O4. The van der Waals surface area contributed by atoms with Crippen LogP contribution in [0.15, 0.2) is 72.8 Å². The minimum absolute atomic E-state index is 0.259. The molecule has 4 aliphatic heterocycles. The van der Waals surface area contributed by atoms with Crippen molar-refractivity contribution < 1.29 is 19.1 Å². The summed E-state index contributed by atoms with van der Waals surface area (Å²) in [5.41, 5.74) is 3.19. The van der Waals surface area contributed by atoms with E-state index in [2.05, 4.69) is 26.6 Å². The molecule has 7 rings (SSSR count). The minimum Gasteiger partial charge on any atom is -0.492 e. The van der Waals surface area contributed by atoms with Crippen LogP contribution in [0.3, 0.4) is 0 Å². The van der Waals surface area contributed by atoms with E-state index in [0.717, 1.165) is 50.8 Å². The summed E-state index contributed by atoms with van der Waals surface area (Å²) in [6, 6.07) is 22.5. The highest BCUT2D eigenvalue weighted by atomic mass is 16.5. The first-order valence-corrected chi connectivity index (χ1v) is 13.4. The first-order valence-electron chi connectivity index (χ1n) is 13.4. The fourth-order valence-electron chi connectivity index (χ4n) is 4.02. The number of hydrogen-bond donors (Lipinski definition) is 5. The number of carbonyl (C=O) groups excluding carboxylic acids is 2. The van der Waals surface area contributed by atoms with Crippen molar-refractivity contribution in [2.75, 3.05) is 52.5 Å². The first kappa shape index (κ1) is 28.1. The molecule has 9 nitrogen and oxygen atoms in total. The molecule has 3 aromatic rings. The molecule has 206 valence electrons. The number of benzene rings is 3. The Morgan fingerprint density at radius 2 is 0.949 bits per heavy atom. The molecule has 2 amide bonds. The van der Waals surface area contributed by atoms with Crippen LogP contribution in [0, 0.1) is 0 Å². The maximum absolute atomic E-state index is 12.6. The van der Waals surface area contributed by atoms with Crippen LogP contribution in [0.4, 0.5) is 0 Å². The van der Waals surface area contributed by atoms with Crippen LogP contribution in [-0.4, -0.2) is 64.3 Å². The van der Waals surface area contributed by atoms with Crippen LogP contribution in [0.2, 0.25) is 0 Å². The van der Waals surface area contributed by atoms with E-state index < -0.39 is 0 Å². The zero-order valence-electron chi connectivity index (χ0n) is 22.1. The Morgan fingerprint density at radius 3 is 1.41 bits per heavy atom. The summed E-state index contributed by atoms with van der Waals surface area (Å²) >= 11 is 0. The van der Waals surface area contributed by atoms with E-state index in [-0.39, 0.29) is 11.8 Å². The van der Waals surface area contributed by atoms with Crippen LogP contribution in [0.5, 0.6) is 11.5 Å². The maximum Gasteiger partial charge on any atom is 0.251 e. The van der Waals surface area contributed by atoms with E-state index in [1.54, 1.807) is 24.3 Å². The van der Waals surface area contributed by atoms with Crippen molar-refractivity contribution in [3.05, 3.63) is 95.1 Å². The Bertz CT molecular complexity index is 1100. The van der Waals surface area contributed by atoms with E-state index >= 15 is 0 Å². The third kappa shape index (κ3) is 9.72. The number of ether oxygens (including phenoxy) is 2. The summed E-state index contributed by atoms with van der Waals surface area (Å²) < 4.78 is 11.5. The minimum atomic E-state index is -0.259. The highest BCUT2D eigenvalue weighted by Crippen LogP contribution is 2.13. The van der Waals surface area contributed by atoms with Gasteiger partial charge in [0.05, 0.1) is 13.1 Å². The zero-order chi connectivity index (χ0) is 27.1. The lowest BCUT2D eigenvalue weighted by Gasteiger charge is -2.11. The highest BCUT2D eigenvalue weighted by Gasteiger charge is 2.10. The average molecular weight is 532 g/mol. The van der Waals surface area contributed by atoms with Crippen molar-refractivity contribution in [2.45, 2.75) is 13.1 Å². The van der Waals surface area contributed by atoms with Gasteiger partial charge in [-0.1, -0.05) is 30.3 Å². The number of rotatable bonds is 0. The van der Waals surface area contributed by atoms with Gasteiger partial charge in [-0.05, 0) is 53.6 Å². The summed E-state index contributed by atoms with van der Waals surface area (Å²) in [5.74, 6) is 0.983.